The van der Waals surface area contributed by atoms with Gasteiger partial charge in [0.2, 0.25) is 5.70 Å². The predicted molar refractivity (Wildman–Crippen MR) is 151 cm³/mol. The highest BCUT2D eigenvalue weighted by atomic mass is 16.1. The molecule has 4 fully saturated rings. The Bertz CT molecular complexity index is 1190. The van der Waals surface area contributed by atoms with Crippen molar-refractivity contribution in [3.05, 3.63) is 34.8 Å². The molecule has 0 aromatic heterocycles. The van der Waals surface area contributed by atoms with E-state index in [1.54, 1.807) is 0 Å². The Balaban J connectivity index is 1.50. The molecule has 38 heavy (non-hydrogen) atoms. The van der Waals surface area contributed by atoms with Gasteiger partial charge in [0, 0.05) is 23.3 Å². The molecule has 6 rings (SSSR count). The Morgan fingerprint density at radius 3 is 2.34 bits per heavy atom. The van der Waals surface area contributed by atoms with Crippen LogP contribution in [0.1, 0.15) is 93.4 Å². The zero-order chi connectivity index (χ0) is 27.5. The summed E-state index contributed by atoms with van der Waals surface area (Å²) < 4.78 is 0. The maximum atomic E-state index is 14.6. The second-order valence-electron chi connectivity index (χ2n) is 15.6. The molecule has 0 aromatic carbocycles. The smallest absolute Gasteiger partial charge is 0.226 e. The number of Topliss-reactive ketones (excluding diaryl/α,β-unsaturated/α-hetero) is 1. The highest BCUT2D eigenvalue weighted by Crippen LogP contribution is 2.74. The van der Waals surface area contributed by atoms with E-state index in [1.807, 2.05) is 19.9 Å². The molecule has 1 saturated heterocycles. The third-order valence-electron chi connectivity index (χ3n) is 13.9. The van der Waals surface area contributed by atoms with Crippen LogP contribution in [0.4, 0.5) is 0 Å². The normalized spacial score (nSPS) is 49.8. The fraction of sp³-hybridized carbons (Fsp3) is 0.794. The molecule has 0 aromatic rings. The lowest BCUT2D eigenvalue weighted by Gasteiger charge is -2.70. The maximum Gasteiger partial charge on any atom is 0.226 e. The maximum absolute atomic E-state index is 14.6. The molecule has 4 nitrogen and oxygen atoms in total. The fourth-order valence-electron chi connectivity index (χ4n) is 11.2. The minimum Gasteiger partial charge on any atom is -0.307 e. The van der Waals surface area contributed by atoms with Gasteiger partial charge in [0.25, 0.3) is 0 Å². The van der Waals surface area contributed by atoms with E-state index >= 15 is 0 Å². The molecule has 1 aliphatic heterocycles. The van der Waals surface area contributed by atoms with Crippen LogP contribution in [0, 0.1) is 63.2 Å². The SMILES string of the molecule is [C-]#[N+]C1=C[C@]2(C)C3=CC(=O)[C@@H]4[C@@H]5[C@@H](C)[C@H](C)CC[C@]5(CN5CCC5)CC[C@@]4(C)[C@]3(C)CC[C@H]2C(C)(C)C1=O. The van der Waals surface area contributed by atoms with Crippen molar-refractivity contribution < 1.29 is 9.59 Å². The summed E-state index contributed by atoms with van der Waals surface area (Å²) in [7, 11) is 0. The van der Waals surface area contributed by atoms with E-state index in [2.05, 4.69) is 50.4 Å². The quantitative estimate of drug-likeness (QED) is 0.367. The van der Waals surface area contributed by atoms with Gasteiger partial charge in [-0.25, -0.2) is 4.85 Å². The monoisotopic (exact) mass is 516 g/mol. The molecule has 0 spiro atoms. The summed E-state index contributed by atoms with van der Waals surface area (Å²) in [4.78, 5) is 34.3. The number of carbonyl (C=O) groups is 2. The first-order valence-corrected chi connectivity index (χ1v) is 15.4. The topological polar surface area (TPSA) is 41.7 Å². The van der Waals surface area contributed by atoms with Crippen LogP contribution < -0.4 is 0 Å². The van der Waals surface area contributed by atoms with Gasteiger partial charge in [-0.05, 0) is 104 Å². The predicted octanol–water partition coefficient (Wildman–Crippen LogP) is 7.12. The number of hydrogen-bond donors (Lipinski definition) is 0. The van der Waals surface area contributed by atoms with Gasteiger partial charge in [-0.1, -0.05) is 60.1 Å². The largest absolute Gasteiger partial charge is 0.307 e. The Morgan fingerprint density at radius 1 is 1.00 bits per heavy atom. The lowest BCUT2D eigenvalue weighted by molar-refractivity contribution is -0.182. The van der Waals surface area contributed by atoms with Gasteiger partial charge in [-0.3, -0.25) is 4.79 Å². The minimum absolute atomic E-state index is 0.0242. The number of carbonyl (C=O) groups excluding carboxylic acids is 2. The van der Waals surface area contributed by atoms with Crippen LogP contribution in [0.25, 0.3) is 4.85 Å². The molecule has 0 N–H and O–H groups in total. The number of ketones is 2. The molecule has 6 aliphatic rings. The third kappa shape index (κ3) is 3.12. The van der Waals surface area contributed by atoms with Crippen LogP contribution in [-0.2, 0) is 9.59 Å². The van der Waals surface area contributed by atoms with Crippen molar-refractivity contribution in [2.75, 3.05) is 19.6 Å². The summed E-state index contributed by atoms with van der Waals surface area (Å²) in [6, 6.07) is 0. The molecule has 0 unspecified atom stereocenters. The van der Waals surface area contributed by atoms with E-state index in [0.717, 1.165) is 19.3 Å². The molecular formula is C34H48N2O2. The third-order valence-corrected chi connectivity index (χ3v) is 13.9. The number of likely N-dealkylation sites (tertiary alicyclic amines) is 1. The molecule has 3 saturated carbocycles. The molecule has 9 atom stereocenters. The van der Waals surface area contributed by atoms with Crippen molar-refractivity contribution in [3.8, 4) is 0 Å². The Morgan fingerprint density at radius 2 is 1.71 bits per heavy atom. The molecular weight excluding hydrogens is 468 g/mol. The van der Waals surface area contributed by atoms with Gasteiger partial charge in [0.1, 0.15) is 0 Å². The molecule has 0 amide bonds. The molecule has 0 bridgehead atoms. The first kappa shape index (κ1) is 26.5. The lowest BCUT2D eigenvalue weighted by atomic mass is 9.34. The summed E-state index contributed by atoms with van der Waals surface area (Å²) in [5.41, 5.74) is 0.494. The van der Waals surface area contributed by atoms with Crippen LogP contribution in [0.15, 0.2) is 23.4 Å². The van der Waals surface area contributed by atoms with Gasteiger partial charge >= 0.3 is 0 Å². The van der Waals surface area contributed by atoms with Crippen LogP contribution in [0.3, 0.4) is 0 Å². The average molecular weight is 517 g/mol. The van der Waals surface area contributed by atoms with Crippen LogP contribution in [0.2, 0.25) is 0 Å². The second-order valence-corrected chi connectivity index (χ2v) is 15.6. The van der Waals surface area contributed by atoms with Gasteiger partial charge in [-0.15, -0.1) is 0 Å². The van der Waals surface area contributed by atoms with E-state index in [9.17, 15) is 9.59 Å². The van der Waals surface area contributed by atoms with E-state index in [4.69, 9.17) is 6.57 Å². The van der Waals surface area contributed by atoms with E-state index in [-0.39, 0.29) is 39.6 Å². The fourth-order valence-corrected chi connectivity index (χ4v) is 11.2. The zero-order valence-corrected chi connectivity index (χ0v) is 24.8. The molecule has 5 aliphatic carbocycles. The summed E-state index contributed by atoms with van der Waals surface area (Å²) in [5.74, 6) is 2.12. The van der Waals surface area contributed by atoms with E-state index in [0.29, 0.717) is 23.5 Å². The number of nitrogens with zero attached hydrogens (tertiary/aromatic N) is 2. The molecule has 206 valence electrons. The highest BCUT2D eigenvalue weighted by Gasteiger charge is 2.70. The summed E-state index contributed by atoms with van der Waals surface area (Å²) in [5, 5.41) is 0. The number of hydrogen-bond acceptors (Lipinski definition) is 3. The highest BCUT2D eigenvalue weighted by molar-refractivity contribution is 6.03. The molecule has 0 radical (unpaired) electrons. The van der Waals surface area contributed by atoms with E-state index in [1.165, 1.54) is 50.9 Å². The van der Waals surface area contributed by atoms with Gasteiger partial charge in [0.05, 0.1) is 6.57 Å². The van der Waals surface area contributed by atoms with Crippen molar-refractivity contribution in [1.29, 1.82) is 0 Å². The van der Waals surface area contributed by atoms with Gasteiger partial charge in [0.15, 0.2) is 11.6 Å². The Hall–Kier alpha value is -1.73. The summed E-state index contributed by atoms with van der Waals surface area (Å²) in [6.45, 7) is 27.5. The molecule has 1 heterocycles. The van der Waals surface area contributed by atoms with Gasteiger partial charge < -0.3 is 9.69 Å². The Kier molecular flexibility index (Phi) is 5.68. The van der Waals surface area contributed by atoms with Crippen molar-refractivity contribution >= 4 is 11.6 Å². The first-order chi connectivity index (χ1) is 17.7. The number of fused-ring (bicyclic) bond motifs is 7. The van der Waals surface area contributed by atoms with Crippen molar-refractivity contribution in [2.45, 2.75) is 93.4 Å². The Labute approximate surface area is 230 Å². The van der Waals surface area contributed by atoms with E-state index < -0.39 is 10.8 Å². The minimum atomic E-state index is -0.599. The van der Waals surface area contributed by atoms with Crippen LogP contribution >= 0.6 is 0 Å². The lowest BCUT2D eigenvalue weighted by Crippen LogP contribution is -2.67. The number of rotatable bonds is 2. The average Bonchev–Trinajstić information content (AvgIpc) is 2.83. The van der Waals surface area contributed by atoms with Crippen molar-refractivity contribution in [2.24, 2.45) is 56.7 Å². The summed E-state index contributed by atoms with van der Waals surface area (Å²) in [6.07, 6.45) is 12.2. The first-order valence-electron chi connectivity index (χ1n) is 15.4. The standard InChI is InChI=1S/C34H48N2O2/c1-21-10-13-34(20-36-16-9-17-36)15-14-33(7)28(27(34)22(21)2)24(37)18-26-31(5)19-23(35-8)29(38)30(3,4)25(31)11-12-32(26,33)6/h18-19,21-22,25,27-28H,9-17,20H2,1-7H3/t21-,22+,25+,27+,28-,31+,32-,33-,34-/m1/s1. The van der Waals surface area contributed by atoms with Gasteiger partial charge in [-0.2, -0.15) is 0 Å². The van der Waals surface area contributed by atoms with Crippen LogP contribution in [0.5, 0.6) is 0 Å². The van der Waals surface area contributed by atoms with Crippen LogP contribution in [-0.4, -0.2) is 36.1 Å². The van der Waals surface area contributed by atoms with Crippen molar-refractivity contribution in [1.82, 2.24) is 4.90 Å². The van der Waals surface area contributed by atoms with Crippen molar-refractivity contribution in [3.63, 3.8) is 0 Å². The number of allylic oxidation sites excluding steroid dienone is 4. The zero-order valence-electron chi connectivity index (χ0n) is 24.8. The molecule has 4 heteroatoms. The summed E-state index contributed by atoms with van der Waals surface area (Å²) >= 11 is 0. The second kappa shape index (κ2) is 8.15.